The number of carbonyl (C=O) groups excluding carboxylic acids is 2. The standard InChI is InChI=1S/C19H30N2O3/c1-5-14-13-21(18(23)19(2,3)4)9-8-15(14)11-17(22)20-12-16-7-6-10-24-16/h6-7,10,14-15H,5,8-9,11-13H2,1-4H3,(H,20,22). The first-order valence-corrected chi connectivity index (χ1v) is 8.89. The van der Waals surface area contributed by atoms with E-state index >= 15 is 0 Å². The van der Waals surface area contributed by atoms with Gasteiger partial charge < -0.3 is 14.6 Å². The predicted molar refractivity (Wildman–Crippen MR) is 93.1 cm³/mol. The molecule has 2 unspecified atom stereocenters. The summed E-state index contributed by atoms with van der Waals surface area (Å²) in [6, 6.07) is 3.67. The van der Waals surface area contributed by atoms with Crippen molar-refractivity contribution in [1.29, 1.82) is 0 Å². The van der Waals surface area contributed by atoms with Crippen LogP contribution in [0.2, 0.25) is 0 Å². The van der Waals surface area contributed by atoms with E-state index in [1.807, 2.05) is 37.8 Å². The summed E-state index contributed by atoms with van der Waals surface area (Å²) in [5, 5.41) is 2.92. The molecule has 2 atom stereocenters. The lowest BCUT2D eigenvalue weighted by atomic mass is 9.80. The minimum atomic E-state index is -0.342. The molecule has 0 saturated carbocycles. The van der Waals surface area contributed by atoms with Gasteiger partial charge in [-0.25, -0.2) is 0 Å². The second kappa shape index (κ2) is 7.86. The van der Waals surface area contributed by atoms with Crippen LogP contribution in [0.3, 0.4) is 0 Å². The Morgan fingerprint density at radius 2 is 2.08 bits per heavy atom. The van der Waals surface area contributed by atoms with Gasteiger partial charge in [-0.15, -0.1) is 0 Å². The predicted octanol–water partition coefficient (Wildman–Crippen LogP) is 3.21. The highest BCUT2D eigenvalue weighted by atomic mass is 16.3. The molecule has 134 valence electrons. The summed E-state index contributed by atoms with van der Waals surface area (Å²) in [4.78, 5) is 26.7. The first-order valence-electron chi connectivity index (χ1n) is 8.89. The number of furan rings is 1. The Hall–Kier alpha value is -1.78. The normalized spacial score (nSPS) is 21.6. The van der Waals surface area contributed by atoms with Crippen LogP contribution in [0.1, 0.15) is 52.7 Å². The number of amides is 2. The number of carbonyl (C=O) groups is 2. The quantitative estimate of drug-likeness (QED) is 0.899. The summed E-state index contributed by atoms with van der Waals surface area (Å²) >= 11 is 0. The fraction of sp³-hybridized carbons (Fsp3) is 0.684. The van der Waals surface area contributed by atoms with Crippen molar-refractivity contribution in [2.75, 3.05) is 13.1 Å². The Labute approximate surface area is 144 Å². The summed E-state index contributed by atoms with van der Waals surface area (Å²) in [6.45, 7) is 9.98. The second-order valence-electron chi connectivity index (χ2n) is 7.78. The molecule has 5 nitrogen and oxygen atoms in total. The van der Waals surface area contributed by atoms with Crippen LogP contribution < -0.4 is 5.32 Å². The van der Waals surface area contributed by atoms with E-state index in [2.05, 4.69) is 12.2 Å². The highest BCUT2D eigenvalue weighted by molar-refractivity contribution is 5.81. The third-order valence-electron chi connectivity index (χ3n) is 4.83. The van der Waals surface area contributed by atoms with E-state index in [4.69, 9.17) is 4.42 Å². The average molecular weight is 334 g/mol. The lowest BCUT2D eigenvalue weighted by molar-refractivity contribution is -0.142. The molecule has 1 aliphatic rings. The van der Waals surface area contributed by atoms with Gasteiger partial charge in [0.2, 0.25) is 11.8 Å². The number of rotatable bonds is 5. The molecule has 0 spiro atoms. The van der Waals surface area contributed by atoms with Crippen LogP contribution in [0.25, 0.3) is 0 Å². The molecular weight excluding hydrogens is 304 g/mol. The third-order valence-corrected chi connectivity index (χ3v) is 4.83. The Balaban J connectivity index is 1.85. The van der Waals surface area contributed by atoms with Gasteiger partial charge in [0.05, 0.1) is 12.8 Å². The van der Waals surface area contributed by atoms with Crippen molar-refractivity contribution in [1.82, 2.24) is 10.2 Å². The van der Waals surface area contributed by atoms with Crippen LogP contribution in [0.5, 0.6) is 0 Å². The number of piperidine rings is 1. The molecule has 1 aliphatic heterocycles. The molecule has 0 aromatic carbocycles. The summed E-state index contributed by atoms with van der Waals surface area (Å²) in [5.74, 6) is 1.77. The van der Waals surface area contributed by atoms with E-state index in [-0.39, 0.29) is 17.2 Å². The fourth-order valence-corrected chi connectivity index (χ4v) is 3.38. The van der Waals surface area contributed by atoms with Crippen LogP contribution >= 0.6 is 0 Å². The van der Waals surface area contributed by atoms with Gasteiger partial charge in [0.1, 0.15) is 5.76 Å². The maximum Gasteiger partial charge on any atom is 0.227 e. The molecule has 0 aliphatic carbocycles. The second-order valence-corrected chi connectivity index (χ2v) is 7.78. The van der Waals surface area contributed by atoms with E-state index < -0.39 is 0 Å². The minimum Gasteiger partial charge on any atom is -0.467 e. The van der Waals surface area contributed by atoms with Crippen molar-refractivity contribution in [3.05, 3.63) is 24.2 Å². The smallest absolute Gasteiger partial charge is 0.227 e. The summed E-state index contributed by atoms with van der Waals surface area (Å²) in [5.41, 5.74) is -0.342. The molecule has 0 bridgehead atoms. The number of nitrogens with one attached hydrogen (secondary N) is 1. The summed E-state index contributed by atoms with van der Waals surface area (Å²) in [7, 11) is 0. The number of hydrogen-bond donors (Lipinski definition) is 1. The first kappa shape index (κ1) is 18.6. The molecule has 2 amide bonds. The SMILES string of the molecule is CCC1CN(C(=O)C(C)(C)C)CCC1CC(=O)NCc1ccco1. The topological polar surface area (TPSA) is 62.6 Å². The highest BCUT2D eigenvalue weighted by Gasteiger charge is 2.35. The van der Waals surface area contributed by atoms with Crippen LogP contribution in [0, 0.1) is 17.3 Å². The average Bonchev–Trinajstić information content (AvgIpc) is 3.05. The number of likely N-dealkylation sites (tertiary alicyclic amines) is 1. The van der Waals surface area contributed by atoms with Gasteiger partial charge in [-0.1, -0.05) is 34.1 Å². The van der Waals surface area contributed by atoms with Crippen LogP contribution in [-0.2, 0) is 16.1 Å². The molecule has 1 N–H and O–H groups in total. The molecule has 2 heterocycles. The van der Waals surface area contributed by atoms with Crippen molar-refractivity contribution >= 4 is 11.8 Å². The molecule has 0 radical (unpaired) electrons. The number of hydrogen-bond acceptors (Lipinski definition) is 3. The zero-order valence-electron chi connectivity index (χ0n) is 15.3. The largest absolute Gasteiger partial charge is 0.467 e. The zero-order valence-corrected chi connectivity index (χ0v) is 15.3. The number of nitrogens with zero attached hydrogens (tertiary/aromatic N) is 1. The monoisotopic (exact) mass is 334 g/mol. The van der Waals surface area contributed by atoms with Gasteiger partial charge >= 0.3 is 0 Å². The lowest BCUT2D eigenvalue weighted by Gasteiger charge is -2.40. The lowest BCUT2D eigenvalue weighted by Crippen LogP contribution is -2.48. The van der Waals surface area contributed by atoms with E-state index in [9.17, 15) is 9.59 Å². The van der Waals surface area contributed by atoms with Gasteiger partial charge in [0.15, 0.2) is 0 Å². The Kier molecular flexibility index (Phi) is 6.08. The Morgan fingerprint density at radius 1 is 1.33 bits per heavy atom. The van der Waals surface area contributed by atoms with Crippen molar-refractivity contribution in [3.63, 3.8) is 0 Å². The molecule has 1 fully saturated rings. The summed E-state index contributed by atoms with van der Waals surface area (Å²) < 4.78 is 5.23. The molecule has 5 heteroatoms. The van der Waals surface area contributed by atoms with Crippen LogP contribution in [-0.4, -0.2) is 29.8 Å². The van der Waals surface area contributed by atoms with Gasteiger partial charge in [-0.2, -0.15) is 0 Å². The van der Waals surface area contributed by atoms with Crippen LogP contribution in [0.4, 0.5) is 0 Å². The van der Waals surface area contributed by atoms with Crippen molar-refractivity contribution in [2.24, 2.45) is 17.3 Å². The van der Waals surface area contributed by atoms with Gasteiger partial charge in [-0.05, 0) is 30.4 Å². The van der Waals surface area contributed by atoms with E-state index in [0.717, 1.165) is 31.7 Å². The highest BCUT2D eigenvalue weighted by Crippen LogP contribution is 2.31. The van der Waals surface area contributed by atoms with Crippen molar-refractivity contribution < 1.29 is 14.0 Å². The Morgan fingerprint density at radius 3 is 2.67 bits per heavy atom. The molecule has 2 rings (SSSR count). The first-order chi connectivity index (χ1) is 11.3. The van der Waals surface area contributed by atoms with Crippen molar-refractivity contribution in [2.45, 2.75) is 53.5 Å². The third kappa shape index (κ3) is 4.86. The van der Waals surface area contributed by atoms with E-state index in [1.54, 1.807) is 6.26 Å². The van der Waals surface area contributed by atoms with Gasteiger partial charge in [0.25, 0.3) is 0 Å². The summed E-state index contributed by atoms with van der Waals surface area (Å²) in [6.07, 6.45) is 4.02. The fourth-order valence-electron chi connectivity index (χ4n) is 3.38. The van der Waals surface area contributed by atoms with Gasteiger partial charge in [0, 0.05) is 24.9 Å². The maximum atomic E-state index is 12.5. The van der Waals surface area contributed by atoms with Crippen LogP contribution in [0.15, 0.2) is 22.8 Å². The van der Waals surface area contributed by atoms with Gasteiger partial charge in [-0.3, -0.25) is 9.59 Å². The molecule has 1 saturated heterocycles. The molecule has 1 aromatic rings. The Bertz CT molecular complexity index is 545. The molecule has 24 heavy (non-hydrogen) atoms. The zero-order chi connectivity index (χ0) is 17.7. The van der Waals surface area contributed by atoms with Crippen molar-refractivity contribution in [3.8, 4) is 0 Å². The molecular formula is C19H30N2O3. The maximum absolute atomic E-state index is 12.5. The van der Waals surface area contributed by atoms with E-state index in [0.29, 0.717) is 24.8 Å². The molecule has 1 aromatic heterocycles. The van der Waals surface area contributed by atoms with E-state index in [1.165, 1.54) is 0 Å². The minimum absolute atomic E-state index is 0.0606.